The predicted octanol–water partition coefficient (Wildman–Crippen LogP) is 3.32. The van der Waals surface area contributed by atoms with E-state index < -0.39 is 6.04 Å². The number of carbonyl (C=O) groups is 2. The number of ether oxygens (including phenoxy) is 1. The highest BCUT2D eigenvalue weighted by Gasteiger charge is 2.26. The van der Waals surface area contributed by atoms with Gasteiger partial charge in [-0.15, -0.1) is 0 Å². The Bertz CT molecular complexity index is 775. The number of hydrogen-bond donors (Lipinski definition) is 1. The van der Waals surface area contributed by atoms with Crippen LogP contribution in [0.2, 0.25) is 0 Å². The lowest BCUT2D eigenvalue weighted by Crippen LogP contribution is -2.48. The Balaban J connectivity index is 2.18. The van der Waals surface area contributed by atoms with Crippen LogP contribution in [0, 0.1) is 5.82 Å². The van der Waals surface area contributed by atoms with E-state index in [1.54, 1.807) is 38.3 Å². The molecule has 0 bridgehead atoms. The van der Waals surface area contributed by atoms with Crippen molar-refractivity contribution in [2.75, 3.05) is 13.7 Å². The van der Waals surface area contributed by atoms with Crippen molar-refractivity contribution in [1.29, 1.82) is 0 Å². The highest BCUT2D eigenvalue weighted by Crippen LogP contribution is 2.15. The van der Waals surface area contributed by atoms with E-state index in [-0.39, 0.29) is 30.6 Å². The summed E-state index contributed by atoms with van der Waals surface area (Å²) >= 11 is 0. The Kier molecular flexibility index (Phi) is 7.99. The standard InChI is InChI=1S/C22H27FN2O3/c1-4-13-24-22(27)16(2)25(15-18-5-9-19(23)10-6-18)21(26)14-17-7-11-20(28-3)12-8-17/h5-12,16H,4,13-15H2,1-3H3,(H,24,27)/t16-/m1/s1. The Labute approximate surface area is 165 Å². The summed E-state index contributed by atoms with van der Waals surface area (Å²) in [4.78, 5) is 27.0. The number of methoxy groups -OCH3 is 1. The zero-order chi connectivity index (χ0) is 20.5. The van der Waals surface area contributed by atoms with Gasteiger partial charge in [0, 0.05) is 13.1 Å². The van der Waals surface area contributed by atoms with Crippen molar-refractivity contribution < 1.29 is 18.7 Å². The minimum Gasteiger partial charge on any atom is -0.497 e. The molecule has 0 saturated carbocycles. The molecule has 6 heteroatoms. The average Bonchev–Trinajstić information content (AvgIpc) is 2.71. The number of nitrogens with one attached hydrogen (secondary N) is 1. The molecule has 1 N–H and O–H groups in total. The van der Waals surface area contributed by atoms with E-state index in [2.05, 4.69) is 5.32 Å². The molecule has 0 heterocycles. The van der Waals surface area contributed by atoms with Crippen molar-refractivity contribution >= 4 is 11.8 Å². The van der Waals surface area contributed by atoms with Gasteiger partial charge in [0.25, 0.3) is 0 Å². The molecule has 0 saturated heterocycles. The van der Waals surface area contributed by atoms with Crippen molar-refractivity contribution in [1.82, 2.24) is 10.2 Å². The van der Waals surface area contributed by atoms with Crippen LogP contribution in [0.15, 0.2) is 48.5 Å². The summed E-state index contributed by atoms with van der Waals surface area (Å²) in [7, 11) is 1.58. The van der Waals surface area contributed by atoms with Gasteiger partial charge in [-0.05, 0) is 48.7 Å². The number of hydrogen-bond acceptors (Lipinski definition) is 3. The fraction of sp³-hybridized carbons (Fsp3) is 0.364. The van der Waals surface area contributed by atoms with E-state index in [9.17, 15) is 14.0 Å². The maximum atomic E-state index is 13.2. The van der Waals surface area contributed by atoms with Crippen LogP contribution in [0.25, 0.3) is 0 Å². The van der Waals surface area contributed by atoms with Crippen LogP contribution >= 0.6 is 0 Å². The third kappa shape index (κ3) is 6.08. The molecule has 2 aromatic rings. The van der Waals surface area contributed by atoms with Crippen LogP contribution in [-0.2, 0) is 22.6 Å². The first-order chi connectivity index (χ1) is 13.4. The van der Waals surface area contributed by atoms with E-state index in [0.717, 1.165) is 17.5 Å². The average molecular weight is 386 g/mol. The molecule has 0 spiro atoms. The molecule has 0 aliphatic rings. The Morgan fingerprint density at radius 2 is 1.68 bits per heavy atom. The predicted molar refractivity (Wildman–Crippen MR) is 106 cm³/mol. The second-order valence-corrected chi connectivity index (χ2v) is 6.64. The molecule has 2 aromatic carbocycles. The quantitative estimate of drug-likeness (QED) is 0.719. The van der Waals surface area contributed by atoms with Crippen LogP contribution in [-0.4, -0.2) is 36.4 Å². The molecule has 0 unspecified atom stereocenters. The highest BCUT2D eigenvalue weighted by molar-refractivity contribution is 5.88. The van der Waals surface area contributed by atoms with Gasteiger partial charge in [0.05, 0.1) is 13.5 Å². The first kappa shape index (κ1) is 21.4. The van der Waals surface area contributed by atoms with Gasteiger partial charge in [0.1, 0.15) is 17.6 Å². The summed E-state index contributed by atoms with van der Waals surface area (Å²) in [5.74, 6) is 0.000887. The number of carbonyl (C=O) groups excluding carboxylic acids is 2. The van der Waals surface area contributed by atoms with E-state index in [1.807, 2.05) is 19.1 Å². The van der Waals surface area contributed by atoms with Crippen molar-refractivity contribution in [3.05, 3.63) is 65.5 Å². The molecule has 28 heavy (non-hydrogen) atoms. The van der Waals surface area contributed by atoms with E-state index in [0.29, 0.717) is 12.3 Å². The normalized spacial score (nSPS) is 11.6. The summed E-state index contributed by atoms with van der Waals surface area (Å²) in [6.45, 7) is 4.46. The van der Waals surface area contributed by atoms with Crippen LogP contribution < -0.4 is 10.1 Å². The number of halogens is 1. The van der Waals surface area contributed by atoms with Crippen LogP contribution in [0.5, 0.6) is 5.75 Å². The molecule has 0 aromatic heterocycles. The second kappa shape index (κ2) is 10.4. The van der Waals surface area contributed by atoms with E-state index in [1.165, 1.54) is 17.0 Å². The lowest BCUT2D eigenvalue weighted by Gasteiger charge is -2.29. The van der Waals surface area contributed by atoms with Gasteiger partial charge in [-0.2, -0.15) is 0 Å². The summed E-state index contributed by atoms with van der Waals surface area (Å²) in [6, 6.07) is 12.6. The van der Waals surface area contributed by atoms with Crippen molar-refractivity contribution in [3.63, 3.8) is 0 Å². The molecule has 0 fully saturated rings. The monoisotopic (exact) mass is 386 g/mol. The third-order valence-electron chi connectivity index (χ3n) is 4.50. The third-order valence-corrected chi connectivity index (χ3v) is 4.50. The van der Waals surface area contributed by atoms with Gasteiger partial charge in [0.2, 0.25) is 11.8 Å². The number of amides is 2. The number of nitrogens with zero attached hydrogens (tertiary/aromatic N) is 1. The molecule has 2 amide bonds. The minimum atomic E-state index is -0.637. The summed E-state index contributed by atoms with van der Waals surface area (Å²) in [5, 5.41) is 2.83. The molecule has 0 aliphatic heterocycles. The second-order valence-electron chi connectivity index (χ2n) is 6.64. The largest absolute Gasteiger partial charge is 0.497 e. The van der Waals surface area contributed by atoms with Gasteiger partial charge >= 0.3 is 0 Å². The highest BCUT2D eigenvalue weighted by atomic mass is 19.1. The van der Waals surface area contributed by atoms with Crippen molar-refractivity contribution in [2.24, 2.45) is 0 Å². The first-order valence-electron chi connectivity index (χ1n) is 9.39. The number of rotatable bonds is 9. The molecule has 0 radical (unpaired) electrons. The zero-order valence-corrected chi connectivity index (χ0v) is 16.6. The van der Waals surface area contributed by atoms with Crippen LogP contribution in [0.3, 0.4) is 0 Å². The maximum absolute atomic E-state index is 13.2. The molecular weight excluding hydrogens is 359 g/mol. The fourth-order valence-electron chi connectivity index (χ4n) is 2.78. The Morgan fingerprint density at radius 1 is 1.07 bits per heavy atom. The first-order valence-corrected chi connectivity index (χ1v) is 9.39. The molecule has 1 atom stereocenters. The summed E-state index contributed by atoms with van der Waals surface area (Å²) in [5.41, 5.74) is 1.59. The smallest absolute Gasteiger partial charge is 0.242 e. The summed E-state index contributed by atoms with van der Waals surface area (Å²) in [6.07, 6.45) is 0.979. The number of benzene rings is 2. The van der Waals surface area contributed by atoms with Gasteiger partial charge in [-0.25, -0.2) is 4.39 Å². The van der Waals surface area contributed by atoms with Gasteiger partial charge in [-0.3, -0.25) is 9.59 Å². The van der Waals surface area contributed by atoms with E-state index >= 15 is 0 Å². The van der Waals surface area contributed by atoms with Crippen LogP contribution in [0.4, 0.5) is 4.39 Å². The Morgan fingerprint density at radius 3 is 2.25 bits per heavy atom. The molecule has 5 nitrogen and oxygen atoms in total. The van der Waals surface area contributed by atoms with Gasteiger partial charge in [-0.1, -0.05) is 31.2 Å². The van der Waals surface area contributed by atoms with Gasteiger partial charge in [0.15, 0.2) is 0 Å². The molecule has 2 rings (SSSR count). The Hall–Kier alpha value is -2.89. The lowest BCUT2D eigenvalue weighted by molar-refractivity contribution is -0.140. The lowest BCUT2D eigenvalue weighted by atomic mass is 10.1. The maximum Gasteiger partial charge on any atom is 0.242 e. The minimum absolute atomic E-state index is 0.163. The van der Waals surface area contributed by atoms with Crippen LogP contribution in [0.1, 0.15) is 31.4 Å². The fourth-order valence-corrected chi connectivity index (χ4v) is 2.78. The molecular formula is C22H27FN2O3. The zero-order valence-electron chi connectivity index (χ0n) is 16.6. The van der Waals surface area contributed by atoms with Crippen molar-refractivity contribution in [2.45, 2.75) is 39.3 Å². The topological polar surface area (TPSA) is 58.6 Å². The van der Waals surface area contributed by atoms with Crippen molar-refractivity contribution in [3.8, 4) is 5.75 Å². The van der Waals surface area contributed by atoms with E-state index in [4.69, 9.17) is 4.74 Å². The van der Waals surface area contributed by atoms with Gasteiger partial charge < -0.3 is 15.0 Å². The molecule has 150 valence electrons. The summed E-state index contributed by atoms with van der Waals surface area (Å²) < 4.78 is 18.3. The SMILES string of the molecule is CCCNC(=O)[C@@H](C)N(Cc1ccc(F)cc1)C(=O)Cc1ccc(OC)cc1. The molecule has 0 aliphatic carbocycles.